The maximum absolute atomic E-state index is 12.7. The Morgan fingerprint density at radius 1 is 1.25 bits per heavy atom. The lowest BCUT2D eigenvalue weighted by Crippen LogP contribution is -2.48. The maximum atomic E-state index is 12.7. The summed E-state index contributed by atoms with van der Waals surface area (Å²) in [5.41, 5.74) is 0.557. The fraction of sp³-hybridized carbons (Fsp3) is 0.471. The van der Waals surface area contributed by atoms with E-state index in [1.807, 2.05) is 19.1 Å². The van der Waals surface area contributed by atoms with Crippen molar-refractivity contribution in [2.45, 2.75) is 25.8 Å². The average Bonchev–Trinajstić information content (AvgIpc) is 2.94. The van der Waals surface area contributed by atoms with Crippen molar-refractivity contribution in [2.75, 3.05) is 25.4 Å². The van der Waals surface area contributed by atoms with E-state index in [4.69, 9.17) is 4.74 Å². The number of carbonyl (C=O) groups excluding carboxylic acids is 3. The van der Waals surface area contributed by atoms with Crippen LogP contribution in [0.1, 0.15) is 30.1 Å². The molecule has 1 aromatic carbocycles. The van der Waals surface area contributed by atoms with Crippen LogP contribution >= 0.6 is 11.8 Å². The first-order chi connectivity index (χ1) is 11.6. The number of ether oxygens (including phenoxy) is 1. The van der Waals surface area contributed by atoms with Gasteiger partial charge in [-0.05, 0) is 31.9 Å². The van der Waals surface area contributed by atoms with Gasteiger partial charge < -0.3 is 9.64 Å². The summed E-state index contributed by atoms with van der Waals surface area (Å²) < 4.78 is 5.53. The molecule has 2 aliphatic rings. The van der Waals surface area contributed by atoms with Gasteiger partial charge in [0.2, 0.25) is 5.91 Å². The van der Waals surface area contributed by atoms with Crippen LogP contribution in [0.15, 0.2) is 24.3 Å². The van der Waals surface area contributed by atoms with Crippen molar-refractivity contribution < 1.29 is 19.1 Å². The first-order valence-electron chi connectivity index (χ1n) is 8.11. The maximum Gasteiger partial charge on any atom is 0.289 e. The summed E-state index contributed by atoms with van der Waals surface area (Å²) in [7, 11) is 0. The Morgan fingerprint density at radius 2 is 1.96 bits per heavy atom. The number of nitrogens with zero attached hydrogens (tertiary/aromatic N) is 2. The van der Waals surface area contributed by atoms with Crippen molar-refractivity contribution in [2.24, 2.45) is 0 Å². The molecular weight excluding hydrogens is 328 g/mol. The van der Waals surface area contributed by atoms with Gasteiger partial charge in [-0.1, -0.05) is 23.9 Å². The number of piperidine rings is 1. The molecule has 6 nitrogen and oxygen atoms in total. The van der Waals surface area contributed by atoms with Crippen molar-refractivity contribution in [3.05, 3.63) is 29.8 Å². The molecule has 2 fully saturated rings. The summed E-state index contributed by atoms with van der Waals surface area (Å²) in [4.78, 5) is 39.5. The third-order valence-corrected chi connectivity index (χ3v) is 5.15. The lowest BCUT2D eigenvalue weighted by molar-refractivity contribution is -0.126. The average molecular weight is 348 g/mol. The van der Waals surface area contributed by atoms with Gasteiger partial charge in [-0.25, -0.2) is 0 Å². The molecule has 24 heavy (non-hydrogen) atoms. The Kier molecular flexibility index (Phi) is 5.08. The van der Waals surface area contributed by atoms with E-state index in [0.717, 1.165) is 11.8 Å². The zero-order chi connectivity index (χ0) is 17.1. The second-order valence-electron chi connectivity index (χ2n) is 5.77. The molecule has 3 amide bonds. The van der Waals surface area contributed by atoms with Gasteiger partial charge in [-0.2, -0.15) is 0 Å². The molecule has 128 valence electrons. The molecule has 0 N–H and O–H groups in total. The molecule has 1 aromatic rings. The largest absolute Gasteiger partial charge is 0.493 e. The van der Waals surface area contributed by atoms with Crippen LogP contribution < -0.4 is 4.74 Å². The van der Waals surface area contributed by atoms with Gasteiger partial charge in [0.15, 0.2) is 0 Å². The predicted octanol–water partition coefficient (Wildman–Crippen LogP) is 2.39. The number of thioether (sulfide) groups is 1. The summed E-state index contributed by atoms with van der Waals surface area (Å²) in [6.45, 7) is 3.45. The fourth-order valence-corrected chi connectivity index (χ4v) is 3.92. The molecule has 0 aromatic heterocycles. The van der Waals surface area contributed by atoms with Gasteiger partial charge in [-0.15, -0.1) is 0 Å². The highest BCUT2D eigenvalue weighted by Crippen LogP contribution is 2.28. The van der Waals surface area contributed by atoms with Crippen LogP contribution in [0.5, 0.6) is 5.75 Å². The Hall–Kier alpha value is -2.02. The van der Waals surface area contributed by atoms with E-state index in [1.54, 1.807) is 17.0 Å². The van der Waals surface area contributed by atoms with E-state index in [-0.39, 0.29) is 28.8 Å². The summed E-state index contributed by atoms with van der Waals surface area (Å²) in [6.07, 6.45) is 1.25. The number of benzene rings is 1. The monoisotopic (exact) mass is 348 g/mol. The second-order valence-corrected chi connectivity index (χ2v) is 6.70. The van der Waals surface area contributed by atoms with Crippen molar-refractivity contribution in [1.29, 1.82) is 0 Å². The highest BCUT2D eigenvalue weighted by Gasteiger charge is 2.38. The van der Waals surface area contributed by atoms with E-state index in [2.05, 4.69) is 0 Å². The Morgan fingerprint density at radius 3 is 2.58 bits per heavy atom. The van der Waals surface area contributed by atoms with Gasteiger partial charge in [0.1, 0.15) is 5.75 Å². The van der Waals surface area contributed by atoms with Gasteiger partial charge >= 0.3 is 0 Å². The smallest absolute Gasteiger partial charge is 0.289 e. The summed E-state index contributed by atoms with van der Waals surface area (Å²) in [5.74, 6) is 0.649. The molecule has 0 bridgehead atoms. The van der Waals surface area contributed by atoms with E-state index < -0.39 is 0 Å². The quantitative estimate of drug-likeness (QED) is 0.836. The highest BCUT2D eigenvalue weighted by molar-refractivity contribution is 8.14. The van der Waals surface area contributed by atoms with E-state index >= 15 is 0 Å². The van der Waals surface area contributed by atoms with Gasteiger partial charge in [0.05, 0.1) is 17.9 Å². The van der Waals surface area contributed by atoms with Crippen LogP contribution in [0, 0.1) is 0 Å². The standard InChI is InChI=1S/C17H20N2O4S/c1-2-23-14-6-4-3-5-13(14)16(21)18-9-7-12(8-10-18)19-15(20)11-24-17(19)22/h3-6,12H,2,7-11H2,1H3. The van der Waals surface area contributed by atoms with E-state index in [1.165, 1.54) is 4.90 Å². The van der Waals surface area contributed by atoms with Crippen LogP contribution in [-0.4, -0.2) is 58.3 Å². The van der Waals surface area contributed by atoms with Crippen LogP contribution in [-0.2, 0) is 4.79 Å². The lowest BCUT2D eigenvalue weighted by atomic mass is 10.0. The predicted molar refractivity (Wildman–Crippen MR) is 91.2 cm³/mol. The molecule has 2 saturated heterocycles. The molecule has 7 heteroatoms. The molecule has 0 saturated carbocycles. The molecule has 0 unspecified atom stereocenters. The SMILES string of the molecule is CCOc1ccccc1C(=O)N1CCC(N2C(=O)CSC2=O)CC1. The normalized spacial score (nSPS) is 19.0. The molecule has 2 heterocycles. The van der Waals surface area contributed by atoms with Gasteiger partial charge in [0, 0.05) is 19.1 Å². The number of hydrogen-bond donors (Lipinski definition) is 0. The molecule has 2 aliphatic heterocycles. The van der Waals surface area contributed by atoms with Gasteiger partial charge in [0.25, 0.3) is 11.1 Å². The number of carbonyl (C=O) groups is 3. The molecule has 0 spiro atoms. The van der Waals surface area contributed by atoms with Crippen LogP contribution in [0.2, 0.25) is 0 Å². The zero-order valence-corrected chi connectivity index (χ0v) is 14.4. The Balaban J connectivity index is 1.65. The fourth-order valence-electron chi connectivity index (χ4n) is 3.14. The topological polar surface area (TPSA) is 66.9 Å². The third kappa shape index (κ3) is 3.26. The van der Waals surface area contributed by atoms with Crippen LogP contribution in [0.3, 0.4) is 0 Å². The molecule has 0 aliphatic carbocycles. The van der Waals surface area contributed by atoms with Crippen molar-refractivity contribution in [3.8, 4) is 5.75 Å². The molecule has 0 radical (unpaired) electrons. The Labute approximate surface area is 145 Å². The summed E-state index contributed by atoms with van der Waals surface area (Å²) >= 11 is 1.06. The number of likely N-dealkylation sites (tertiary alicyclic amines) is 1. The van der Waals surface area contributed by atoms with Gasteiger partial charge in [-0.3, -0.25) is 19.3 Å². The van der Waals surface area contributed by atoms with Crippen LogP contribution in [0.25, 0.3) is 0 Å². The van der Waals surface area contributed by atoms with Crippen molar-refractivity contribution in [3.63, 3.8) is 0 Å². The minimum atomic E-state index is -0.161. The van der Waals surface area contributed by atoms with E-state index in [0.29, 0.717) is 43.9 Å². The summed E-state index contributed by atoms with van der Waals surface area (Å²) in [5, 5.41) is -0.161. The lowest BCUT2D eigenvalue weighted by Gasteiger charge is -2.35. The van der Waals surface area contributed by atoms with Crippen molar-refractivity contribution >= 4 is 28.8 Å². The van der Waals surface area contributed by atoms with Crippen LogP contribution in [0.4, 0.5) is 4.79 Å². The molecule has 0 atom stereocenters. The van der Waals surface area contributed by atoms with E-state index in [9.17, 15) is 14.4 Å². The minimum Gasteiger partial charge on any atom is -0.493 e. The number of para-hydroxylation sites is 1. The number of hydrogen-bond acceptors (Lipinski definition) is 5. The first-order valence-corrected chi connectivity index (χ1v) is 9.10. The number of amides is 3. The Bertz CT molecular complexity index is 640. The number of rotatable bonds is 4. The number of imide groups is 1. The highest BCUT2D eigenvalue weighted by atomic mass is 32.2. The zero-order valence-electron chi connectivity index (χ0n) is 13.6. The van der Waals surface area contributed by atoms with Crippen molar-refractivity contribution in [1.82, 2.24) is 9.80 Å². The molecular formula is C17H20N2O4S. The molecule has 3 rings (SSSR count). The minimum absolute atomic E-state index is 0.0639. The second kappa shape index (κ2) is 7.25. The first kappa shape index (κ1) is 16.8. The third-order valence-electron chi connectivity index (χ3n) is 4.32. The summed E-state index contributed by atoms with van der Waals surface area (Å²) in [6, 6.07) is 7.13.